The second kappa shape index (κ2) is 7.88. The maximum absolute atomic E-state index is 12.4. The highest BCUT2D eigenvalue weighted by Gasteiger charge is 2.23. The average Bonchev–Trinajstić information content (AvgIpc) is 3.17. The maximum atomic E-state index is 12.4. The highest BCUT2D eigenvalue weighted by atomic mass is 16.1. The van der Waals surface area contributed by atoms with Crippen LogP contribution in [0.3, 0.4) is 0 Å². The summed E-state index contributed by atoms with van der Waals surface area (Å²) in [7, 11) is 0. The first kappa shape index (κ1) is 16.4. The maximum Gasteiger partial charge on any atom is 0.251 e. The van der Waals surface area contributed by atoms with Gasteiger partial charge in [-0.15, -0.1) is 0 Å². The Balaban J connectivity index is 1.68. The summed E-state index contributed by atoms with van der Waals surface area (Å²) in [5.74, 6) is -0.104. The molecule has 1 amide bonds. The summed E-state index contributed by atoms with van der Waals surface area (Å²) in [6, 6.07) is 17.2. The molecule has 1 aliphatic heterocycles. The highest BCUT2D eigenvalue weighted by Crippen LogP contribution is 2.24. The van der Waals surface area contributed by atoms with E-state index in [0.717, 1.165) is 19.4 Å². The summed E-state index contributed by atoms with van der Waals surface area (Å²) in [5, 5.41) is 3.04. The molecule has 2 aromatic carbocycles. The van der Waals surface area contributed by atoms with E-state index in [-0.39, 0.29) is 11.9 Å². The number of nitrogens with zero attached hydrogens (tertiary/aromatic N) is 1. The summed E-state index contributed by atoms with van der Waals surface area (Å²) in [4.78, 5) is 25.5. The molecule has 0 radical (unpaired) electrons. The van der Waals surface area contributed by atoms with Crippen molar-refractivity contribution in [2.24, 2.45) is 0 Å². The SMILES string of the molecule is O=Cc1ccc(C(=O)NCC(c2ccccc2)N2CCCC2)cc1. The van der Waals surface area contributed by atoms with Gasteiger partial charge in [0.1, 0.15) is 6.29 Å². The van der Waals surface area contributed by atoms with E-state index >= 15 is 0 Å². The average molecular weight is 322 g/mol. The molecule has 0 saturated carbocycles. The first-order valence-corrected chi connectivity index (χ1v) is 8.40. The molecular weight excluding hydrogens is 300 g/mol. The van der Waals surface area contributed by atoms with Gasteiger partial charge < -0.3 is 5.32 Å². The molecule has 1 fully saturated rings. The molecule has 1 heterocycles. The lowest BCUT2D eigenvalue weighted by Crippen LogP contribution is -2.36. The van der Waals surface area contributed by atoms with Crippen LogP contribution in [0.1, 0.15) is 45.2 Å². The molecule has 0 aliphatic carbocycles. The number of amides is 1. The normalized spacial score (nSPS) is 15.8. The zero-order chi connectivity index (χ0) is 16.8. The summed E-state index contributed by atoms with van der Waals surface area (Å²) in [6.07, 6.45) is 3.20. The molecule has 124 valence electrons. The molecular formula is C20H22N2O2. The molecule has 4 heteroatoms. The van der Waals surface area contributed by atoms with Crippen molar-refractivity contribution in [3.05, 3.63) is 71.3 Å². The van der Waals surface area contributed by atoms with Crippen LogP contribution in [-0.4, -0.2) is 36.7 Å². The number of benzene rings is 2. The Labute approximate surface area is 142 Å². The molecule has 0 spiro atoms. The van der Waals surface area contributed by atoms with Gasteiger partial charge in [0.15, 0.2) is 0 Å². The molecule has 1 N–H and O–H groups in total. The Bertz CT molecular complexity index is 677. The van der Waals surface area contributed by atoms with E-state index < -0.39 is 0 Å². The van der Waals surface area contributed by atoms with Gasteiger partial charge >= 0.3 is 0 Å². The van der Waals surface area contributed by atoms with Crippen LogP contribution in [0.2, 0.25) is 0 Å². The summed E-state index contributed by atoms with van der Waals surface area (Å²) in [5.41, 5.74) is 2.38. The van der Waals surface area contributed by atoms with Gasteiger partial charge in [-0.05, 0) is 43.6 Å². The number of rotatable bonds is 6. The zero-order valence-corrected chi connectivity index (χ0v) is 13.7. The molecule has 2 aromatic rings. The van der Waals surface area contributed by atoms with E-state index in [1.165, 1.54) is 18.4 Å². The van der Waals surface area contributed by atoms with Gasteiger partial charge in [0.2, 0.25) is 0 Å². The fourth-order valence-corrected chi connectivity index (χ4v) is 3.19. The van der Waals surface area contributed by atoms with E-state index in [1.54, 1.807) is 24.3 Å². The number of aldehydes is 1. The monoisotopic (exact) mass is 322 g/mol. The Hall–Kier alpha value is -2.46. The highest BCUT2D eigenvalue weighted by molar-refractivity contribution is 5.94. The molecule has 1 saturated heterocycles. The molecule has 3 rings (SSSR count). The fraction of sp³-hybridized carbons (Fsp3) is 0.300. The van der Waals surface area contributed by atoms with Gasteiger partial charge in [0.05, 0.1) is 6.04 Å². The van der Waals surface area contributed by atoms with Crippen LogP contribution in [-0.2, 0) is 0 Å². The topological polar surface area (TPSA) is 49.4 Å². The van der Waals surface area contributed by atoms with Crippen molar-refractivity contribution < 1.29 is 9.59 Å². The van der Waals surface area contributed by atoms with E-state index in [0.29, 0.717) is 17.7 Å². The van der Waals surface area contributed by atoms with Crippen LogP contribution in [0.15, 0.2) is 54.6 Å². The lowest BCUT2D eigenvalue weighted by molar-refractivity contribution is 0.0937. The van der Waals surface area contributed by atoms with Crippen LogP contribution < -0.4 is 5.32 Å². The lowest BCUT2D eigenvalue weighted by Gasteiger charge is -2.28. The number of carbonyl (C=O) groups is 2. The number of likely N-dealkylation sites (tertiary alicyclic amines) is 1. The van der Waals surface area contributed by atoms with Crippen LogP contribution in [0.25, 0.3) is 0 Å². The Morgan fingerprint density at radius 3 is 2.33 bits per heavy atom. The van der Waals surface area contributed by atoms with Crippen molar-refractivity contribution in [2.45, 2.75) is 18.9 Å². The standard InChI is InChI=1S/C20H22N2O2/c23-15-16-8-10-18(11-9-16)20(24)21-14-19(22-12-4-5-13-22)17-6-2-1-3-7-17/h1-3,6-11,15,19H,4-5,12-14H2,(H,21,24). The molecule has 1 aliphatic rings. The van der Waals surface area contributed by atoms with E-state index in [1.807, 2.05) is 18.2 Å². The minimum Gasteiger partial charge on any atom is -0.350 e. The zero-order valence-electron chi connectivity index (χ0n) is 13.7. The van der Waals surface area contributed by atoms with Gasteiger partial charge in [-0.3, -0.25) is 14.5 Å². The van der Waals surface area contributed by atoms with Crippen LogP contribution >= 0.6 is 0 Å². The van der Waals surface area contributed by atoms with Crippen LogP contribution in [0.4, 0.5) is 0 Å². The van der Waals surface area contributed by atoms with Crippen molar-refractivity contribution in [3.8, 4) is 0 Å². The minimum atomic E-state index is -0.104. The number of nitrogens with one attached hydrogen (secondary N) is 1. The first-order valence-electron chi connectivity index (χ1n) is 8.40. The third kappa shape index (κ3) is 3.89. The third-order valence-corrected chi connectivity index (χ3v) is 4.53. The third-order valence-electron chi connectivity index (χ3n) is 4.53. The number of hydrogen-bond acceptors (Lipinski definition) is 3. The Kier molecular flexibility index (Phi) is 5.39. The molecule has 0 aromatic heterocycles. The summed E-state index contributed by atoms with van der Waals surface area (Å²) in [6.45, 7) is 2.73. The lowest BCUT2D eigenvalue weighted by atomic mass is 10.1. The Morgan fingerprint density at radius 1 is 1.04 bits per heavy atom. The smallest absolute Gasteiger partial charge is 0.251 e. The molecule has 0 bridgehead atoms. The minimum absolute atomic E-state index is 0.104. The first-order chi connectivity index (χ1) is 11.8. The van der Waals surface area contributed by atoms with Gasteiger partial charge in [-0.25, -0.2) is 0 Å². The van der Waals surface area contributed by atoms with Crippen LogP contribution in [0.5, 0.6) is 0 Å². The van der Waals surface area contributed by atoms with Crippen molar-refractivity contribution in [1.29, 1.82) is 0 Å². The molecule has 1 atom stereocenters. The number of carbonyl (C=O) groups excluding carboxylic acids is 2. The van der Waals surface area contributed by atoms with Crippen molar-refractivity contribution in [3.63, 3.8) is 0 Å². The summed E-state index contributed by atoms with van der Waals surface area (Å²) < 4.78 is 0. The quantitative estimate of drug-likeness (QED) is 0.832. The Morgan fingerprint density at radius 2 is 1.71 bits per heavy atom. The predicted octanol–water partition coefficient (Wildman–Crippen LogP) is 3.07. The van der Waals surface area contributed by atoms with E-state index in [4.69, 9.17) is 0 Å². The fourth-order valence-electron chi connectivity index (χ4n) is 3.19. The molecule has 4 nitrogen and oxygen atoms in total. The van der Waals surface area contributed by atoms with Gasteiger partial charge in [0.25, 0.3) is 5.91 Å². The largest absolute Gasteiger partial charge is 0.350 e. The predicted molar refractivity (Wildman–Crippen MR) is 94.2 cm³/mol. The second-order valence-electron chi connectivity index (χ2n) is 6.12. The second-order valence-corrected chi connectivity index (χ2v) is 6.12. The molecule has 1 unspecified atom stereocenters. The van der Waals surface area contributed by atoms with Gasteiger partial charge in [0, 0.05) is 17.7 Å². The van der Waals surface area contributed by atoms with E-state index in [2.05, 4.69) is 22.3 Å². The van der Waals surface area contributed by atoms with E-state index in [9.17, 15) is 9.59 Å². The van der Waals surface area contributed by atoms with Crippen molar-refractivity contribution in [2.75, 3.05) is 19.6 Å². The summed E-state index contributed by atoms with van der Waals surface area (Å²) >= 11 is 0. The van der Waals surface area contributed by atoms with Gasteiger partial charge in [-0.2, -0.15) is 0 Å². The van der Waals surface area contributed by atoms with Crippen molar-refractivity contribution in [1.82, 2.24) is 10.2 Å². The van der Waals surface area contributed by atoms with Crippen LogP contribution in [0, 0.1) is 0 Å². The van der Waals surface area contributed by atoms with Crippen molar-refractivity contribution >= 4 is 12.2 Å². The molecule has 24 heavy (non-hydrogen) atoms. The van der Waals surface area contributed by atoms with Gasteiger partial charge in [-0.1, -0.05) is 42.5 Å². The number of hydrogen-bond donors (Lipinski definition) is 1.